The van der Waals surface area contributed by atoms with Crippen LogP contribution in [0.1, 0.15) is 39.0 Å². The monoisotopic (exact) mass is 415 g/mol. The van der Waals surface area contributed by atoms with E-state index in [0.717, 1.165) is 11.3 Å². The lowest BCUT2D eigenvalue weighted by molar-refractivity contribution is 0.561. The minimum absolute atomic E-state index is 0.187. The van der Waals surface area contributed by atoms with Crippen LogP contribution in [0.4, 0.5) is 4.39 Å². The fourth-order valence-electron chi connectivity index (χ4n) is 3.41. The fourth-order valence-corrected chi connectivity index (χ4v) is 4.03. The third-order valence-corrected chi connectivity index (χ3v) is 6.36. The molecule has 7 nitrogen and oxygen atoms in total. The summed E-state index contributed by atoms with van der Waals surface area (Å²) in [7, 11) is 1.82. The van der Waals surface area contributed by atoms with Crippen LogP contribution in [0.2, 0.25) is 0 Å². The smallest absolute Gasteiger partial charge is 0.261 e. The van der Waals surface area contributed by atoms with Crippen molar-refractivity contribution in [3.63, 3.8) is 0 Å². The molecule has 0 bridgehead atoms. The predicted molar refractivity (Wildman–Crippen MR) is 112 cm³/mol. The van der Waals surface area contributed by atoms with Gasteiger partial charge in [-0.3, -0.25) is 14.0 Å². The zero-order valence-corrected chi connectivity index (χ0v) is 17.8. The van der Waals surface area contributed by atoms with E-state index in [1.54, 1.807) is 16.2 Å². The number of hydrogen-bond acceptors (Lipinski definition) is 5. The van der Waals surface area contributed by atoms with Crippen LogP contribution >= 0.6 is 0 Å². The van der Waals surface area contributed by atoms with Gasteiger partial charge >= 0.3 is 0 Å². The molecule has 0 N–H and O–H groups in total. The Morgan fingerprint density at radius 3 is 2.76 bits per heavy atom. The quantitative estimate of drug-likeness (QED) is 0.476. The third kappa shape index (κ3) is 3.38. The molecule has 9 heteroatoms. The molecule has 2 aromatic heterocycles. The average molecular weight is 415 g/mol. The molecule has 3 heterocycles. The van der Waals surface area contributed by atoms with Gasteiger partial charge in [-0.15, -0.1) is 0 Å². The molecule has 29 heavy (non-hydrogen) atoms. The summed E-state index contributed by atoms with van der Waals surface area (Å²) in [5, 5.41) is 4.62. The minimum Gasteiger partial charge on any atom is -0.591 e. The molecule has 0 saturated heterocycles. The zero-order chi connectivity index (χ0) is 21.1. The molecule has 0 fully saturated rings. The second-order valence-electron chi connectivity index (χ2n) is 8.19. The van der Waals surface area contributed by atoms with Gasteiger partial charge in [0.15, 0.2) is 0 Å². The van der Waals surface area contributed by atoms with Crippen molar-refractivity contribution >= 4 is 28.0 Å². The number of aryl methyl sites for hydroxylation is 2. The minimum atomic E-state index is -1.52. The van der Waals surface area contributed by atoms with Crippen molar-refractivity contribution in [2.24, 2.45) is 11.4 Å². The predicted octanol–water partition coefficient (Wildman–Crippen LogP) is 2.76. The van der Waals surface area contributed by atoms with Crippen molar-refractivity contribution in [1.82, 2.24) is 19.3 Å². The maximum atomic E-state index is 14.4. The van der Waals surface area contributed by atoms with Crippen molar-refractivity contribution in [3.8, 4) is 11.4 Å². The Morgan fingerprint density at radius 2 is 2.07 bits per heavy atom. The first-order valence-electron chi connectivity index (χ1n) is 9.31. The maximum Gasteiger partial charge on any atom is 0.261 e. The number of benzene rings is 1. The summed E-state index contributed by atoms with van der Waals surface area (Å²) in [6.07, 6.45) is 2.45. The highest BCUT2D eigenvalue weighted by Crippen LogP contribution is 2.29. The molecular formula is C20H22FN5O2S. The molecule has 1 aliphatic rings. The van der Waals surface area contributed by atoms with E-state index in [0.29, 0.717) is 35.6 Å². The third-order valence-electron chi connectivity index (χ3n) is 4.88. The van der Waals surface area contributed by atoms with Gasteiger partial charge in [0.1, 0.15) is 27.8 Å². The maximum absolute atomic E-state index is 14.4. The van der Waals surface area contributed by atoms with E-state index in [9.17, 15) is 13.7 Å². The van der Waals surface area contributed by atoms with E-state index < -0.39 is 21.9 Å². The summed E-state index contributed by atoms with van der Waals surface area (Å²) in [6, 6.07) is 2.49. The van der Waals surface area contributed by atoms with Gasteiger partial charge in [0.05, 0.1) is 27.9 Å². The molecule has 0 saturated carbocycles. The van der Waals surface area contributed by atoms with Gasteiger partial charge in [0.2, 0.25) is 0 Å². The average Bonchev–Trinajstić information content (AvgIpc) is 3.01. The number of fused-ring (bicyclic) bond motifs is 4. The highest BCUT2D eigenvalue weighted by atomic mass is 32.2. The molecule has 1 atom stereocenters. The van der Waals surface area contributed by atoms with Gasteiger partial charge in [-0.25, -0.2) is 9.37 Å². The van der Waals surface area contributed by atoms with E-state index in [1.807, 2.05) is 34.0 Å². The largest absolute Gasteiger partial charge is 0.591 e. The van der Waals surface area contributed by atoms with Crippen molar-refractivity contribution in [2.75, 3.05) is 0 Å². The second-order valence-corrected chi connectivity index (χ2v) is 10.1. The van der Waals surface area contributed by atoms with Gasteiger partial charge in [-0.2, -0.15) is 5.10 Å². The Bertz CT molecular complexity index is 1220. The van der Waals surface area contributed by atoms with E-state index in [1.165, 1.54) is 12.1 Å². The van der Waals surface area contributed by atoms with E-state index in [4.69, 9.17) is 4.98 Å². The normalized spacial score (nSPS) is 15.3. The zero-order valence-electron chi connectivity index (χ0n) is 17.0. The Balaban J connectivity index is 2.00. The van der Waals surface area contributed by atoms with Crippen LogP contribution in [0, 0.1) is 5.82 Å². The number of halogens is 1. The molecule has 0 radical (unpaired) electrons. The first-order chi connectivity index (χ1) is 13.6. The molecule has 1 aromatic carbocycles. The fraction of sp³-hybridized carbons (Fsp3) is 0.400. The van der Waals surface area contributed by atoms with E-state index in [-0.39, 0.29) is 10.9 Å². The highest BCUT2D eigenvalue weighted by Gasteiger charge is 2.28. The molecule has 1 aliphatic heterocycles. The molecule has 0 aliphatic carbocycles. The Hall–Kier alpha value is -2.52. The SMILES string of the molecule is CC(=N[S+]([O-])C(C)(C)C)c1cc(F)cc2c(=O)n3c(nc12)-c1cn(C)nc1CC3. The van der Waals surface area contributed by atoms with Crippen LogP contribution in [0.15, 0.2) is 27.5 Å². The number of nitrogens with zero attached hydrogens (tertiary/aromatic N) is 5. The van der Waals surface area contributed by atoms with Crippen molar-refractivity contribution < 1.29 is 8.94 Å². The van der Waals surface area contributed by atoms with Gasteiger partial charge in [-0.05, 0) is 39.8 Å². The summed E-state index contributed by atoms with van der Waals surface area (Å²) >= 11 is -1.52. The van der Waals surface area contributed by atoms with Gasteiger partial charge in [0, 0.05) is 31.8 Å². The van der Waals surface area contributed by atoms with Crippen LogP contribution in [0.25, 0.3) is 22.3 Å². The lowest BCUT2D eigenvalue weighted by Crippen LogP contribution is -2.28. The summed E-state index contributed by atoms with van der Waals surface area (Å²) in [6.45, 7) is 7.54. The van der Waals surface area contributed by atoms with Crippen LogP contribution in [0.3, 0.4) is 0 Å². The van der Waals surface area contributed by atoms with Crippen LogP contribution in [-0.2, 0) is 31.4 Å². The number of aromatic nitrogens is 4. The highest BCUT2D eigenvalue weighted by molar-refractivity contribution is 7.91. The molecule has 0 amide bonds. The van der Waals surface area contributed by atoms with E-state index in [2.05, 4.69) is 9.50 Å². The molecule has 152 valence electrons. The molecule has 3 aromatic rings. The molecular weight excluding hydrogens is 393 g/mol. The van der Waals surface area contributed by atoms with Crippen LogP contribution < -0.4 is 5.56 Å². The molecule has 4 rings (SSSR count). The lowest BCUT2D eigenvalue weighted by atomic mass is 10.0. The Kier molecular flexibility index (Phi) is 4.62. The standard InChI is InChI=1S/C20H22FN5O2S/c1-11(24-29(28)20(2,3)4)13-8-12(21)9-14-17(13)22-18-15-10-25(5)23-16(15)6-7-26(18)19(14)27/h8-10H,6-7H2,1-5H3. The summed E-state index contributed by atoms with van der Waals surface area (Å²) in [5.41, 5.74) is 2.47. The van der Waals surface area contributed by atoms with Gasteiger partial charge < -0.3 is 4.55 Å². The van der Waals surface area contributed by atoms with E-state index >= 15 is 0 Å². The van der Waals surface area contributed by atoms with Crippen LogP contribution in [-0.4, -0.2) is 34.3 Å². The second kappa shape index (κ2) is 6.77. The number of rotatable bonds is 2. The van der Waals surface area contributed by atoms with Crippen molar-refractivity contribution in [3.05, 3.63) is 45.8 Å². The van der Waals surface area contributed by atoms with Crippen LogP contribution in [0.5, 0.6) is 0 Å². The number of hydrogen-bond donors (Lipinski definition) is 0. The molecule has 0 spiro atoms. The van der Waals surface area contributed by atoms with Gasteiger partial charge in [-0.1, -0.05) is 4.40 Å². The Morgan fingerprint density at radius 1 is 1.34 bits per heavy atom. The summed E-state index contributed by atoms with van der Waals surface area (Å²) in [4.78, 5) is 17.9. The molecule has 1 unspecified atom stereocenters. The van der Waals surface area contributed by atoms with Crippen molar-refractivity contribution in [2.45, 2.75) is 45.4 Å². The topological polar surface area (TPSA) is 88.1 Å². The lowest BCUT2D eigenvalue weighted by Gasteiger charge is -2.20. The summed E-state index contributed by atoms with van der Waals surface area (Å²) in [5.74, 6) is -0.0460. The Labute approximate surface area is 170 Å². The first-order valence-corrected chi connectivity index (χ1v) is 10.4. The summed E-state index contributed by atoms with van der Waals surface area (Å²) < 4.78 is 33.8. The first kappa shape index (κ1) is 19.8. The van der Waals surface area contributed by atoms with Crippen molar-refractivity contribution in [1.29, 1.82) is 0 Å². The van der Waals surface area contributed by atoms with Gasteiger partial charge in [0.25, 0.3) is 5.56 Å².